The summed E-state index contributed by atoms with van der Waals surface area (Å²) in [6.07, 6.45) is 8.78. The van der Waals surface area contributed by atoms with E-state index in [2.05, 4.69) is 40.7 Å². The second-order valence-electron chi connectivity index (χ2n) is 14.6. The first-order chi connectivity index (χ1) is 18.3. The molecule has 4 aliphatic carbocycles. The quantitative estimate of drug-likeness (QED) is 0.226. The van der Waals surface area contributed by atoms with Gasteiger partial charge in [0.2, 0.25) is 0 Å². The van der Waals surface area contributed by atoms with Gasteiger partial charge in [0.05, 0.1) is 6.10 Å². The summed E-state index contributed by atoms with van der Waals surface area (Å²) in [7, 11) is 0. The number of aliphatic hydroxyl groups is 4. The van der Waals surface area contributed by atoms with Gasteiger partial charge < -0.3 is 20.4 Å². The van der Waals surface area contributed by atoms with E-state index in [4.69, 9.17) is 0 Å². The molecule has 10 atom stereocenters. The third kappa shape index (κ3) is 4.83. The van der Waals surface area contributed by atoms with E-state index in [9.17, 15) is 24.8 Å². The summed E-state index contributed by atoms with van der Waals surface area (Å²) < 4.78 is 14.5. The third-order valence-electron chi connectivity index (χ3n) is 12.5. The van der Waals surface area contributed by atoms with Crippen LogP contribution in [-0.4, -0.2) is 32.3 Å². The van der Waals surface area contributed by atoms with Gasteiger partial charge in [0, 0.05) is 12.0 Å². The van der Waals surface area contributed by atoms with E-state index < -0.39 is 18.0 Å². The second kappa shape index (κ2) is 10.5. The van der Waals surface area contributed by atoms with Gasteiger partial charge in [0.1, 0.15) is 11.9 Å². The van der Waals surface area contributed by atoms with Crippen molar-refractivity contribution in [1.82, 2.24) is 0 Å². The van der Waals surface area contributed by atoms with Gasteiger partial charge in [-0.1, -0.05) is 65.3 Å². The topological polar surface area (TPSA) is 80.9 Å². The van der Waals surface area contributed by atoms with Crippen LogP contribution in [0.2, 0.25) is 0 Å². The molecule has 0 saturated heterocycles. The highest BCUT2D eigenvalue weighted by Crippen LogP contribution is 2.67. The molecule has 2 unspecified atom stereocenters. The van der Waals surface area contributed by atoms with E-state index in [1.54, 1.807) is 18.2 Å². The van der Waals surface area contributed by atoms with Crippen LogP contribution in [0.4, 0.5) is 4.39 Å². The maximum atomic E-state index is 14.5. The summed E-state index contributed by atoms with van der Waals surface area (Å²) in [6.45, 7) is 11.5. The van der Waals surface area contributed by atoms with Gasteiger partial charge in [-0.25, -0.2) is 4.39 Å². The zero-order valence-corrected chi connectivity index (χ0v) is 24.6. The summed E-state index contributed by atoms with van der Waals surface area (Å²) in [6, 6.07) is 6.64. The average molecular weight is 543 g/mol. The fraction of sp³-hybridized carbons (Fsp3) is 0.765. The predicted octanol–water partition coefficient (Wildman–Crippen LogP) is 6.78. The van der Waals surface area contributed by atoms with E-state index >= 15 is 0 Å². The molecule has 0 aliphatic heterocycles. The fourth-order valence-corrected chi connectivity index (χ4v) is 10.1. The fourth-order valence-electron chi connectivity index (χ4n) is 10.1. The van der Waals surface area contributed by atoms with Gasteiger partial charge in [0.15, 0.2) is 5.79 Å². The van der Waals surface area contributed by atoms with Crippen LogP contribution in [0.5, 0.6) is 0 Å². The van der Waals surface area contributed by atoms with Crippen molar-refractivity contribution in [2.24, 2.45) is 52.3 Å². The Morgan fingerprint density at radius 1 is 0.949 bits per heavy atom. The Morgan fingerprint density at radius 3 is 2.36 bits per heavy atom. The van der Waals surface area contributed by atoms with Crippen molar-refractivity contribution in [2.75, 3.05) is 0 Å². The summed E-state index contributed by atoms with van der Waals surface area (Å²) in [5.41, 5.74) is 1.40. The first-order valence-corrected chi connectivity index (χ1v) is 15.6. The van der Waals surface area contributed by atoms with Crippen molar-refractivity contribution in [3.05, 3.63) is 47.3 Å². The van der Waals surface area contributed by atoms with Crippen LogP contribution in [0.25, 0.3) is 0 Å². The summed E-state index contributed by atoms with van der Waals surface area (Å²) in [4.78, 5) is 0. The molecule has 0 spiro atoms. The van der Waals surface area contributed by atoms with Gasteiger partial charge in [-0.3, -0.25) is 0 Å². The predicted molar refractivity (Wildman–Crippen MR) is 152 cm³/mol. The Bertz CT molecular complexity index is 1070. The van der Waals surface area contributed by atoms with Crippen molar-refractivity contribution in [3.8, 4) is 0 Å². The van der Waals surface area contributed by atoms with E-state index in [-0.39, 0.29) is 34.9 Å². The van der Waals surface area contributed by atoms with Crippen LogP contribution >= 0.6 is 0 Å². The van der Waals surface area contributed by atoms with Gasteiger partial charge >= 0.3 is 0 Å². The second-order valence-corrected chi connectivity index (χ2v) is 14.6. The van der Waals surface area contributed by atoms with Crippen LogP contribution in [0.3, 0.4) is 0 Å². The third-order valence-corrected chi connectivity index (χ3v) is 12.5. The lowest BCUT2D eigenvalue weighted by Gasteiger charge is -2.59. The van der Waals surface area contributed by atoms with Crippen LogP contribution in [0.1, 0.15) is 104 Å². The van der Waals surface area contributed by atoms with E-state index in [1.807, 2.05) is 0 Å². The molecule has 39 heavy (non-hydrogen) atoms. The SMILES string of the molecule is CC(C)C(CC[C@@H](C)[C@H]1CC[C@H]2[C@@H]3CC=C4[C@@H](O)C(O)(O)CC[C@]4(C)[C@H]3CC[C@]12C)C(O)c1ccccc1F. The van der Waals surface area contributed by atoms with Crippen LogP contribution in [0.15, 0.2) is 35.9 Å². The van der Waals surface area contributed by atoms with Gasteiger partial charge in [-0.15, -0.1) is 0 Å². The minimum Gasteiger partial charge on any atom is -0.388 e. The average Bonchev–Trinajstić information content (AvgIpc) is 3.24. The van der Waals surface area contributed by atoms with Crippen molar-refractivity contribution in [2.45, 2.75) is 110 Å². The van der Waals surface area contributed by atoms with Crippen LogP contribution < -0.4 is 0 Å². The molecule has 1 aromatic rings. The smallest absolute Gasteiger partial charge is 0.193 e. The van der Waals surface area contributed by atoms with E-state index in [0.717, 1.165) is 31.3 Å². The van der Waals surface area contributed by atoms with E-state index in [0.29, 0.717) is 41.6 Å². The molecule has 3 fully saturated rings. The molecule has 4 N–H and O–H groups in total. The molecule has 3 saturated carbocycles. The maximum Gasteiger partial charge on any atom is 0.193 e. The summed E-state index contributed by atoms with van der Waals surface area (Å²) in [5.74, 6) is 0.846. The first kappa shape index (κ1) is 29.2. The van der Waals surface area contributed by atoms with Crippen molar-refractivity contribution in [1.29, 1.82) is 0 Å². The Morgan fingerprint density at radius 2 is 1.67 bits per heavy atom. The molecule has 4 nitrogen and oxygen atoms in total. The molecule has 0 radical (unpaired) electrons. The number of rotatable bonds is 7. The number of fused-ring (bicyclic) bond motifs is 5. The molecular formula is C34H51FO4. The monoisotopic (exact) mass is 542 g/mol. The number of aliphatic hydroxyl groups excluding tert-OH is 2. The largest absolute Gasteiger partial charge is 0.388 e. The Balaban J connectivity index is 1.29. The molecule has 0 aromatic heterocycles. The molecule has 5 rings (SSSR count). The highest BCUT2D eigenvalue weighted by molar-refractivity contribution is 5.30. The molecule has 0 heterocycles. The molecule has 0 amide bonds. The van der Waals surface area contributed by atoms with Crippen molar-refractivity contribution in [3.63, 3.8) is 0 Å². The Labute approximate surface area is 234 Å². The zero-order valence-electron chi connectivity index (χ0n) is 24.6. The minimum absolute atomic E-state index is 0.0230. The Kier molecular flexibility index (Phi) is 7.89. The lowest BCUT2D eigenvalue weighted by Crippen LogP contribution is -2.57. The standard InChI is InChI=1S/C34H51FO4/c1-20(2)22(30(36)24-8-6-7-9-29(24)35)11-10-21(3)25-14-15-26-23-12-13-28-31(37)34(38,39)19-18-33(28,5)27(23)16-17-32(25,26)4/h6-9,13,20-23,25-27,30-31,36-39H,10-12,14-19H2,1-5H3/t21-,22?,23+,25-,26+,27+,30?,31-,32-,33-/m1/s1. The lowest BCUT2D eigenvalue weighted by molar-refractivity contribution is -0.242. The normalized spacial score (nSPS) is 39.8. The molecular weight excluding hydrogens is 491 g/mol. The van der Waals surface area contributed by atoms with Gasteiger partial charge in [-0.05, 0) is 109 Å². The molecule has 218 valence electrons. The highest BCUT2D eigenvalue weighted by atomic mass is 19.1. The number of halogens is 1. The zero-order chi connectivity index (χ0) is 28.3. The van der Waals surface area contributed by atoms with Crippen molar-refractivity contribution >= 4 is 0 Å². The first-order valence-electron chi connectivity index (χ1n) is 15.6. The van der Waals surface area contributed by atoms with Gasteiger partial charge in [-0.2, -0.15) is 0 Å². The summed E-state index contributed by atoms with van der Waals surface area (Å²) in [5, 5.41) is 42.6. The van der Waals surface area contributed by atoms with Crippen molar-refractivity contribution < 1.29 is 24.8 Å². The van der Waals surface area contributed by atoms with Crippen LogP contribution in [-0.2, 0) is 0 Å². The maximum absolute atomic E-state index is 14.5. The van der Waals surface area contributed by atoms with Gasteiger partial charge in [0.25, 0.3) is 0 Å². The summed E-state index contributed by atoms with van der Waals surface area (Å²) >= 11 is 0. The molecule has 0 bridgehead atoms. The van der Waals surface area contributed by atoms with Crippen LogP contribution in [0, 0.1) is 58.1 Å². The number of benzene rings is 1. The molecule has 1 aromatic carbocycles. The molecule has 4 aliphatic rings. The Hall–Kier alpha value is -1.27. The highest BCUT2D eigenvalue weighted by Gasteiger charge is 2.61. The number of allylic oxidation sites excluding steroid dienone is 1. The lowest BCUT2D eigenvalue weighted by atomic mass is 9.46. The minimum atomic E-state index is -2.01. The number of hydrogen-bond donors (Lipinski definition) is 4. The molecule has 5 heteroatoms. The van der Waals surface area contributed by atoms with E-state index in [1.165, 1.54) is 25.3 Å². The number of hydrogen-bond acceptors (Lipinski definition) is 4.